The topological polar surface area (TPSA) is 105 Å². The molecule has 0 saturated carbocycles. The van der Waals surface area contributed by atoms with E-state index in [0.717, 1.165) is 24.0 Å². The molecule has 4 atom stereocenters. The van der Waals surface area contributed by atoms with Gasteiger partial charge in [-0.25, -0.2) is 0 Å². The molecule has 0 fully saturated rings. The van der Waals surface area contributed by atoms with Crippen molar-refractivity contribution >= 4 is 17.8 Å². The minimum Gasteiger partial charge on any atom is -0.463 e. The molecule has 0 bridgehead atoms. The Morgan fingerprint density at radius 3 is 2.33 bits per heavy atom. The van der Waals surface area contributed by atoms with E-state index < -0.39 is 12.0 Å². The largest absolute Gasteiger partial charge is 0.463 e. The fraction of sp³-hybridized carbons (Fsp3) is 0.485. The van der Waals surface area contributed by atoms with E-state index in [4.69, 9.17) is 4.74 Å². The van der Waals surface area contributed by atoms with Gasteiger partial charge in [-0.15, -0.1) is 0 Å². The van der Waals surface area contributed by atoms with Crippen LogP contribution in [0.4, 0.5) is 0 Å². The van der Waals surface area contributed by atoms with E-state index in [1.165, 1.54) is 0 Å². The molecule has 0 radical (unpaired) electrons. The predicted molar refractivity (Wildman–Crippen MR) is 156 cm³/mol. The summed E-state index contributed by atoms with van der Waals surface area (Å²) < 4.78 is 5.76. The van der Waals surface area contributed by atoms with Crippen molar-refractivity contribution in [1.29, 1.82) is 0 Å². The number of benzene rings is 2. The minimum atomic E-state index is -0.571. The van der Waals surface area contributed by atoms with Gasteiger partial charge in [-0.2, -0.15) is 0 Å². The van der Waals surface area contributed by atoms with E-state index >= 15 is 0 Å². The first-order valence-corrected chi connectivity index (χ1v) is 14.5. The van der Waals surface area contributed by atoms with Crippen molar-refractivity contribution < 1.29 is 24.2 Å². The summed E-state index contributed by atoms with van der Waals surface area (Å²) in [6.45, 7) is 3.84. The van der Waals surface area contributed by atoms with Gasteiger partial charge in [0.1, 0.15) is 6.61 Å². The fourth-order valence-electron chi connectivity index (χ4n) is 4.91. The second kappa shape index (κ2) is 16.6. The third-order valence-corrected chi connectivity index (χ3v) is 7.42. The molecule has 1 aliphatic rings. The number of rotatable bonds is 9. The van der Waals surface area contributed by atoms with Gasteiger partial charge in [0, 0.05) is 6.42 Å². The van der Waals surface area contributed by atoms with Gasteiger partial charge in [-0.3, -0.25) is 14.4 Å². The van der Waals surface area contributed by atoms with Gasteiger partial charge in [0.25, 0.3) is 0 Å². The first-order chi connectivity index (χ1) is 19.4. The van der Waals surface area contributed by atoms with E-state index in [1.54, 1.807) is 0 Å². The number of nitrogens with one attached hydrogen (secondary N) is 2. The van der Waals surface area contributed by atoms with E-state index in [-0.39, 0.29) is 55.3 Å². The maximum Gasteiger partial charge on any atom is 0.309 e. The molecule has 0 aliphatic carbocycles. The molecule has 7 heteroatoms. The summed E-state index contributed by atoms with van der Waals surface area (Å²) in [6.07, 6.45) is 7.87. The van der Waals surface area contributed by atoms with Crippen LogP contribution in [-0.2, 0) is 32.0 Å². The summed E-state index contributed by atoms with van der Waals surface area (Å²) in [5.41, 5.74) is 2.11. The van der Waals surface area contributed by atoms with Crippen LogP contribution in [0.25, 0.3) is 0 Å². The summed E-state index contributed by atoms with van der Waals surface area (Å²) in [7, 11) is 0. The summed E-state index contributed by atoms with van der Waals surface area (Å²) in [5.74, 6) is -1.54. The highest BCUT2D eigenvalue weighted by Crippen LogP contribution is 2.20. The predicted octanol–water partition coefficient (Wildman–Crippen LogP) is 4.39. The van der Waals surface area contributed by atoms with E-state index in [0.29, 0.717) is 25.7 Å². The number of hydrogen-bond acceptors (Lipinski definition) is 5. The van der Waals surface area contributed by atoms with Gasteiger partial charge in [0.2, 0.25) is 11.8 Å². The maximum atomic E-state index is 13.4. The van der Waals surface area contributed by atoms with Crippen LogP contribution in [0.5, 0.6) is 0 Å². The number of allylic oxidation sites excluding steroid dienone is 2. The zero-order valence-corrected chi connectivity index (χ0v) is 23.8. The van der Waals surface area contributed by atoms with Crippen LogP contribution in [0.3, 0.4) is 0 Å². The van der Waals surface area contributed by atoms with Crippen molar-refractivity contribution in [1.82, 2.24) is 10.6 Å². The number of esters is 1. The van der Waals surface area contributed by atoms with Gasteiger partial charge in [-0.05, 0) is 55.6 Å². The first kappa shape index (κ1) is 31.1. The van der Waals surface area contributed by atoms with E-state index in [9.17, 15) is 19.5 Å². The Morgan fingerprint density at radius 1 is 1.00 bits per heavy atom. The van der Waals surface area contributed by atoms with Gasteiger partial charge in [-0.1, -0.05) is 86.7 Å². The highest BCUT2D eigenvalue weighted by Gasteiger charge is 2.28. The number of hydrogen-bond donors (Lipinski definition) is 3. The number of aliphatic hydroxyl groups excluding tert-OH is 1. The Labute approximate surface area is 238 Å². The Hall–Kier alpha value is -3.45. The molecule has 40 heavy (non-hydrogen) atoms. The molecule has 0 aromatic heterocycles. The van der Waals surface area contributed by atoms with Gasteiger partial charge < -0.3 is 20.5 Å². The summed E-state index contributed by atoms with van der Waals surface area (Å²) in [6, 6.07) is 18.8. The van der Waals surface area contributed by atoms with Crippen LogP contribution in [0, 0.1) is 17.8 Å². The Bertz CT molecular complexity index is 1090. The van der Waals surface area contributed by atoms with Gasteiger partial charge in [0.05, 0.1) is 30.5 Å². The normalized spacial score (nSPS) is 21.6. The van der Waals surface area contributed by atoms with E-state index in [1.807, 2.05) is 86.7 Å². The summed E-state index contributed by atoms with van der Waals surface area (Å²) >= 11 is 0. The molecule has 2 amide bonds. The molecule has 3 rings (SSSR count). The lowest BCUT2D eigenvalue weighted by Crippen LogP contribution is -2.47. The number of amides is 2. The molecule has 3 N–H and O–H groups in total. The van der Waals surface area contributed by atoms with Crippen molar-refractivity contribution in [2.45, 2.75) is 70.9 Å². The first-order valence-electron chi connectivity index (χ1n) is 14.5. The molecule has 7 nitrogen and oxygen atoms in total. The average Bonchev–Trinajstić information content (AvgIpc) is 2.95. The van der Waals surface area contributed by atoms with Crippen LogP contribution < -0.4 is 10.6 Å². The molecule has 2 aromatic carbocycles. The number of aliphatic hydroxyl groups is 1. The van der Waals surface area contributed by atoms with Crippen molar-refractivity contribution in [3.63, 3.8) is 0 Å². The molecule has 216 valence electrons. The lowest BCUT2D eigenvalue weighted by Gasteiger charge is -2.26. The van der Waals surface area contributed by atoms with Gasteiger partial charge >= 0.3 is 5.97 Å². The molecule has 1 aliphatic heterocycles. The second-order valence-corrected chi connectivity index (χ2v) is 11.1. The molecule has 1 heterocycles. The molecule has 2 aromatic rings. The monoisotopic (exact) mass is 548 g/mol. The highest BCUT2D eigenvalue weighted by molar-refractivity contribution is 5.86. The number of ether oxygens (including phenoxy) is 1. The second-order valence-electron chi connectivity index (χ2n) is 11.1. The minimum absolute atomic E-state index is 0.00517. The zero-order valence-electron chi connectivity index (χ0n) is 23.8. The number of cyclic esters (lactones) is 1. The van der Waals surface area contributed by atoms with Crippen LogP contribution in [0.2, 0.25) is 0 Å². The van der Waals surface area contributed by atoms with E-state index in [2.05, 4.69) is 10.6 Å². The Balaban J connectivity index is 1.66. The van der Waals surface area contributed by atoms with Crippen LogP contribution in [0.1, 0.15) is 57.1 Å². The van der Waals surface area contributed by atoms with Crippen molar-refractivity contribution in [3.8, 4) is 0 Å². The Morgan fingerprint density at radius 2 is 1.68 bits per heavy atom. The lowest BCUT2D eigenvalue weighted by molar-refractivity contribution is -0.150. The van der Waals surface area contributed by atoms with Crippen molar-refractivity contribution in [2.24, 2.45) is 17.8 Å². The third-order valence-electron chi connectivity index (χ3n) is 7.42. The summed E-state index contributed by atoms with van der Waals surface area (Å²) in [5, 5.41) is 15.8. The molecular weight excluding hydrogens is 504 g/mol. The van der Waals surface area contributed by atoms with Crippen molar-refractivity contribution in [2.75, 3.05) is 13.2 Å². The highest BCUT2D eigenvalue weighted by atomic mass is 16.5. The van der Waals surface area contributed by atoms with Crippen LogP contribution in [0.15, 0.2) is 72.8 Å². The number of carbonyl (C=O) groups excluding carboxylic acids is 3. The maximum absolute atomic E-state index is 13.4. The molecular formula is C33H44N2O5. The quantitative estimate of drug-likeness (QED) is 0.319. The smallest absolute Gasteiger partial charge is 0.309 e. The fourth-order valence-corrected chi connectivity index (χ4v) is 4.91. The third kappa shape index (κ3) is 10.6. The molecule has 0 saturated heterocycles. The Kier molecular flexibility index (Phi) is 12.9. The van der Waals surface area contributed by atoms with Crippen molar-refractivity contribution in [3.05, 3.63) is 83.9 Å². The van der Waals surface area contributed by atoms with Crippen LogP contribution >= 0.6 is 0 Å². The number of carbonyl (C=O) groups is 3. The average molecular weight is 549 g/mol. The zero-order chi connectivity index (χ0) is 28.7. The molecule has 0 unspecified atom stereocenters. The standard InChI is InChI=1S/C33H44N2O5/c1-24(2)30-23-40-33(39)28(19-25-13-7-5-8-14-25)18-12-4-3-11-17-27(32(38)35-30)21-31(37)34-29(22-36)20-26-15-9-6-10-16-26/h3,5-11,13-16,24,27-30,36H,4,12,17-23H2,1-2H3,(H,34,37)(H,35,38)/t27-,28-,29+,30-/m1/s1. The SMILES string of the molecule is CC(C)[C@H]1COC(=O)[C@@H](Cc2ccccc2)CCCC=CC[C@H](CC(=O)N[C@H](CO)Cc2ccccc2)C(=O)N1. The van der Waals surface area contributed by atoms with Gasteiger partial charge in [0.15, 0.2) is 0 Å². The lowest BCUT2D eigenvalue weighted by atomic mass is 9.93. The molecule has 0 spiro atoms. The summed E-state index contributed by atoms with van der Waals surface area (Å²) in [4.78, 5) is 39.4. The van der Waals surface area contributed by atoms with Crippen LogP contribution in [-0.4, -0.2) is 48.2 Å².